The lowest BCUT2D eigenvalue weighted by molar-refractivity contribution is 1.01. The van der Waals surface area contributed by atoms with E-state index < -0.39 is 0 Å². The molecule has 0 amide bonds. The number of para-hydroxylation sites is 2. The van der Waals surface area contributed by atoms with Crippen LogP contribution in [0.4, 0.5) is 0 Å². The molecule has 6 rings (SSSR count). The van der Waals surface area contributed by atoms with Crippen LogP contribution in [0, 0.1) is 0 Å². The fraction of sp³-hybridized carbons (Fsp3) is 0.273. The van der Waals surface area contributed by atoms with Gasteiger partial charge in [0.2, 0.25) is 0 Å². The summed E-state index contributed by atoms with van der Waals surface area (Å²) in [6.45, 7) is 12.2. The maximum absolute atomic E-state index is 2.24. The number of hydrogen-bond donors (Lipinski definition) is 0. The highest BCUT2D eigenvalue weighted by atomic mass is 14.9. The highest BCUT2D eigenvalue weighted by Gasteiger charge is 2.15. The van der Waals surface area contributed by atoms with E-state index >= 15 is 0 Å². The summed E-state index contributed by atoms with van der Waals surface area (Å²) in [5.74, 6) is 0. The van der Waals surface area contributed by atoms with E-state index in [4.69, 9.17) is 0 Å². The van der Waals surface area contributed by atoms with Gasteiger partial charge in [-0.2, -0.15) is 0 Å². The zero-order valence-corrected chi connectivity index (χ0v) is 22.1. The molecule has 1 nitrogen and oxygen atoms in total. The zero-order valence-electron chi connectivity index (χ0n) is 22.1. The van der Waals surface area contributed by atoms with Gasteiger partial charge in [-0.1, -0.05) is 133 Å². The van der Waals surface area contributed by atoms with E-state index in [1.54, 1.807) is 0 Å². The fourth-order valence-electron chi connectivity index (χ4n) is 4.20. The molecule has 0 N–H and O–H groups in total. The Morgan fingerprint density at radius 2 is 0.853 bits per heavy atom. The van der Waals surface area contributed by atoms with E-state index in [1.807, 2.05) is 27.7 Å². The molecule has 1 aliphatic rings. The van der Waals surface area contributed by atoms with E-state index in [9.17, 15) is 0 Å². The zero-order chi connectivity index (χ0) is 24.9. The summed E-state index contributed by atoms with van der Waals surface area (Å²) < 4.78 is 2.24. The Balaban J connectivity index is 0.000000191. The first kappa shape index (κ1) is 26.9. The van der Waals surface area contributed by atoms with Crippen molar-refractivity contribution in [2.24, 2.45) is 7.05 Å². The minimum atomic E-state index is 1.10. The van der Waals surface area contributed by atoms with Crippen LogP contribution in [0.2, 0.25) is 0 Å². The van der Waals surface area contributed by atoms with Crippen molar-refractivity contribution in [1.29, 1.82) is 0 Å². The lowest BCUT2D eigenvalue weighted by Gasteiger charge is -1.98. The normalized spacial score (nSPS) is 10.2. The Labute approximate surface area is 207 Å². The van der Waals surface area contributed by atoms with Gasteiger partial charge in [-0.25, -0.2) is 0 Å². The van der Waals surface area contributed by atoms with Gasteiger partial charge in [0, 0.05) is 28.9 Å². The van der Waals surface area contributed by atoms with Gasteiger partial charge in [-0.3, -0.25) is 0 Å². The van der Waals surface area contributed by atoms with Crippen molar-refractivity contribution in [1.82, 2.24) is 4.57 Å². The predicted octanol–water partition coefficient (Wildman–Crippen LogP) is 10.1. The molecule has 0 radical (unpaired) electrons. The second kappa shape index (κ2) is 14.1. The van der Waals surface area contributed by atoms with Gasteiger partial charge in [-0.05, 0) is 40.8 Å². The lowest BCUT2D eigenvalue weighted by atomic mass is 10.1. The molecule has 0 atom stereocenters. The minimum Gasteiger partial charge on any atom is -0.344 e. The Hall–Kier alpha value is -3.32. The molecule has 0 bridgehead atoms. The fourth-order valence-corrected chi connectivity index (χ4v) is 4.20. The second-order valence-electron chi connectivity index (χ2n) is 7.79. The van der Waals surface area contributed by atoms with Gasteiger partial charge < -0.3 is 4.57 Å². The van der Waals surface area contributed by atoms with Crippen LogP contribution in [-0.4, -0.2) is 4.57 Å². The predicted molar refractivity (Wildman–Crippen MR) is 154 cm³/mol. The van der Waals surface area contributed by atoms with Crippen molar-refractivity contribution in [3.8, 4) is 11.1 Å². The first-order valence-electron chi connectivity index (χ1n) is 12.8. The number of benzene rings is 4. The Morgan fingerprint density at radius 3 is 1.26 bits per heavy atom. The number of fused-ring (bicyclic) bond motifs is 6. The van der Waals surface area contributed by atoms with Crippen LogP contribution < -0.4 is 0 Å². The van der Waals surface area contributed by atoms with Crippen molar-refractivity contribution in [2.45, 2.75) is 54.4 Å². The maximum Gasteiger partial charge on any atom is 0.0488 e. The average Bonchev–Trinajstić information content (AvgIpc) is 3.43. The van der Waals surface area contributed by atoms with Crippen molar-refractivity contribution < 1.29 is 0 Å². The molecule has 0 fully saturated rings. The van der Waals surface area contributed by atoms with Crippen LogP contribution in [0.5, 0.6) is 0 Å². The molecule has 0 saturated heterocycles. The molecule has 1 heteroatoms. The smallest absolute Gasteiger partial charge is 0.0488 e. The SMILES string of the molecule is CC.CC.CCC.Cn1c2ccccc2c2ccccc21.c1ccc2c(c1)Cc1ccccc1-2. The van der Waals surface area contributed by atoms with Gasteiger partial charge in [0.05, 0.1) is 0 Å². The molecule has 34 heavy (non-hydrogen) atoms. The van der Waals surface area contributed by atoms with Gasteiger partial charge in [-0.15, -0.1) is 0 Å². The molecule has 0 aliphatic heterocycles. The highest BCUT2D eigenvalue weighted by Crippen LogP contribution is 2.35. The highest BCUT2D eigenvalue weighted by molar-refractivity contribution is 6.07. The number of rotatable bonds is 0. The Bertz CT molecular complexity index is 1180. The van der Waals surface area contributed by atoms with Crippen LogP contribution >= 0.6 is 0 Å². The minimum absolute atomic E-state index is 1.10. The van der Waals surface area contributed by atoms with Crippen molar-refractivity contribution >= 4 is 21.8 Å². The van der Waals surface area contributed by atoms with E-state index in [2.05, 4.69) is 123 Å². The van der Waals surface area contributed by atoms with Crippen molar-refractivity contribution in [3.63, 3.8) is 0 Å². The van der Waals surface area contributed by atoms with Crippen LogP contribution in [-0.2, 0) is 13.5 Å². The van der Waals surface area contributed by atoms with E-state index in [0.29, 0.717) is 0 Å². The van der Waals surface area contributed by atoms with Crippen LogP contribution in [0.3, 0.4) is 0 Å². The average molecular weight is 452 g/mol. The summed E-state index contributed by atoms with van der Waals surface area (Å²) in [5.41, 5.74) is 8.35. The summed E-state index contributed by atoms with van der Waals surface area (Å²) in [6, 6.07) is 34.3. The van der Waals surface area contributed by atoms with Gasteiger partial charge in [0.1, 0.15) is 0 Å². The molecular weight excluding hydrogens is 410 g/mol. The van der Waals surface area contributed by atoms with Gasteiger partial charge in [0.15, 0.2) is 0 Å². The third-order valence-electron chi connectivity index (χ3n) is 5.53. The second-order valence-corrected chi connectivity index (χ2v) is 7.79. The van der Waals surface area contributed by atoms with Gasteiger partial charge >= 0.3 is 0 Å². The molecule has 1 aromatic heterocycles. The standard InChI is InChI=1S/C13H11N.C13H10.C3H8.2C2H6/c1-14-12-8-4-2-6-10(12)11-7-3-5-9-13(11)14;1-3-7-12-10(5-1)9-11-6-2-4-8-13(11)12;1-3-2;2*1-2/h2-9H,1H3;1-8H,9H2;3H2,1-2H3;2*1-2H3. The number of aryl methyl sites for hydroxylation is 1. The summed E-state index contributed by atoms with van der Waals surface area (Å²) in [4.78, 5) is 0. The quantitative estimate of drug-likeness (QED) is 0.216. The molecular formula is C33H41N. The van der Waals surface area contributed by atoms with E-state index in [1.165, 1.54) is 50.5 Å². The summed E-state index contributed by atoms with van der Waals surface area (Å²) in [5, 5.41) is 2.68. The first-order valence-corrected chi connectivity index (χ1v) is 12.8. The molecule has 0 spiro atoms. The maximum atomic E-state index is 2.24. The Kier molecular flexibility index (Phi) is 11.1. The lowest BCUT2D eigenvalue weighted by Crippen LogP contribution is -1.84. The molecule has 1 heterocycles. The van der Waals surface area contributed by atoms with E-state index in [-0.39, 0.29) is 0 Å². The molecule has 5 aromatic rings. The first-order chi connectivity index (χ1) is 16.7. The molecule has 178 valence electrons. The third-order valence-corrected chi connectivity index (χ3v) is 5.53. The largest absolute Gasteiger partial charge is 0.344 e. The molecule has 1 aliphatic carbocycles. The van der Waals surface area contributed by atoms with Crippen LogP contribution in [0.15, 0.2) is 97.1 Å². The van der Waals surface area contributed by atoms with Crippen molar-refractivity contribution in [3.05, 3.63) is 108 Å². The summed E-state index contributed by atoms with van der Waals surface area (Å²) in [7, 11) is 2.12. The summed E-state index contributed by atoms with van der Waals surface area (Å²) >= 11 is 0. The number of nitrogens with zero attached hydrogens (tertiary/aromatic N) is 1. The Morgan fingerprint density at radius 1 is 0.529 bits per heavy atom. The number of aromatic nitrogens is 1. The summed E-state index contributed by atoms with van der Waals surface area (Å²) in [6.07, 6.45) is 2.35. The third kappa shape index (κ3) is 5.97. The number of hydrogen-bond acceptors (Lipinski definition) is 0. The monoisotopic (exact) mass is 451 g/mol. The molecule has 0 saturated carbocycles. The van der Waals surface area contributed by atoms with Crippen LogP contribution in [0.25, 0.3) is 32.9 Å². The topological polar surface area (TPSA) is 4.93 Å². The van der Waals surface area contributed by atoms with E-state index in [0.717, 1.165) is 6.42 Å². The van der Waals surface area contributed by atoms with Crippen molar-refractivity contribution in [2.75, 3.05) is 0 Å². The molecule has 4 aromatic carbocycles. The van der Waals surface area contributed by atoms with Gasteiger partial charge in [0.25, 0.3) is 0 Å². The molecule has 0 unspecified atom stereocenters. The van der Waals surface area contributed by atoms with Crippen LogP contribution in [0.1, 0.15) is 59.1 Å².